The quantitative estimate of drug-likeness (QED) is 0.878. The molecule has 1 rings (SSSR count). The summed E-state index contributed by atoms with van der Waals surface area (Å²) in [7, 11) is 2.91. The van der Waals surface area contributed by atoms with Gasteiger partial charge in [-0.25, -0.2) is 0 Å². The Morgan fingerprint density at radius 3 is 2.28 bits per heavy atom. The van der Waals surface area contributed by atoms with E-state index in [0.29, 0.717) is 0 Å². The molecule has 0 aliphatic heterocycles. The molecule has 0 fully saturated rings. The third-order valence-electron chi connectivity index (χ3n) is 2.36. The standard InChI is InChI=1S/C11H16N4O2S/c1-14(2)10-6-5-9(8-12)11(7-10)13-18(16,17)15(3)4/h5-7,13H,1-4H3. The lowest BCUT2D eigenvalue weighted by Gasteiger charge is -2.17. The molecule has 7 heteroatoms. The smallest absolute Gasteiger partial charge is 0.301 e. The Balaban J connectivity index is 3.23. The minimum atomic E-state index is -3.61. The van der Waals surface area contributed by atoms with E-state index in [1.807, 2.05) is 25.1 Å². The number of hydrogen-bond acceptors (Lipinski definition) is 4. The Morgan fingerprint density at radius 2 is 1.83 bits per heavy atom. The normalized spacial score (nSPS) is 11.1. The Hall–Kier alpha value is -1.78. The number of rotatable bonds is 4. The van der Waals surface area contributed by atoms with Crippen LogP contribution in [0.4, 0.5) is 11.4 Å². The summed E-state index contributed by atoms with van der Waals surface area (Å²) in [6.45, 7) is 0. The minimum Gasteiger partial charge on any atom is -0.378 e. The number of benzene rings is 1. The Morgan fingerprint density at radius 1 is 1.22 bits per heavy atom. The number of nitriles is 1. The summed E-state index contributed by atoms with van der Waals surface area (Å²) in [6, 6.07) is 6.93. The minimum absolute atomic E-state index is 0.275. The molecule has 1 N–H and O–H groups in total. The molecule has 0 atom stereocenters. The van der Waals surface area contributed by atoms with Gasteiger partial charge in [-0.15, -0.1) is 0 Å². The SMILES string of the molecule is CN(C)c1ccc(C#N)c(NS(=O)(=O)N(C)C)c1. The zero-order valence-corrected chi connectivity index (χ0v) is 11.6. The highest BCUT2D eigenvalue weighted by atomic mass is 32.2. The molecular formula is C11H16N4O2S. The van der Waals surface area contributed by atoms with Crippen molar-refractivity contribution in [2.45, 2.75) is 0 Å². The lowest BCUT2D eigenvalue weighted by atomic mass is 10.2. The molecule has 0 spiro atoms. The van der Waals surface area contributed by atoms with Gasteiger partial charge in [0.15, 0.2) is 0 Å². The summed E-state index contributed by atoms with van der Waals surface area (Å²) in [4.78, 5) is 1.83. The molecule has 0 heterocycles. The molecule has 1 aromatic rings. The second kappa shape index (κ2) is 5.25. The zero-order chi connectivity index (χ0) is 13.9. The Labute approximate surface area is 108 Å². The van der Waals surface area contributed by atoms with E-state index in [9.17, 15) is 8.42 Å². The molecule has 18 heavy (non-hydrogen) atoms. The molecule has 1 aromatic carbocycles. The van der Waals surface area contributed by atoms with E-state index in [0.717, 1.165) is 9.99 Å². The van der Waals surface area contributed by atoms with Crippen molar-refractivity contribution in [2.75, 3.05) is 37.8 Å². The highest BCUT2D eigenvalue weighted by Crippen LogP contribution is 2.23. The molecule has 0 saturated carbocycles. The van der Waals surface area contributed by atoms with Gasteiger partial charge in [0.25, 0.3) is 0 Å². The average Bonchev–Trinajstić information content (AvgIpc) is 2.28. The van der Waals surface area contributed by atoms with E-state index in [4.69, 9.17) is 5.26 Å². The summed E-state index contributed by atoms with van der Waals surface area (Å²) in [5.41, 5.74) is 1.37. The summed E-state index contributed by atoms with van der Waals surface area (Å²) in [6.07, 6.45) is 0. The molecule has 0 aliphatic rings. The van der Waals surface area contributed by atoms with Crippen LogP contribution >= 0.6 is 0 Å². The fourth-order valence-electron chi connectivity index (χ4n) is 1.22. The van der Waals surface area contributed by atoms with Crippen molar-refractivity contribution in [1.29, 1.82) is 5.26 Å². The summed E-state index contributed by atoms with van der Waals surface area (Å²) < 4.78 is 26.9. The van der Waals surface area contributed by atoms with Gasteiger partial charge in [0.2, 0.25) is 0 Å². The first-order valence-corrected chi connectivity index (χ1v) is 6.63. The number of anilines is 2. The van der Waals surface area contributed by atoms with Crippen molar-refractivity contribution in [1.82, 2.24) is 4.31 Å². The summed E-state index contributed by atoms with van der Waals surface area (Å²) >= 11 is 0. The molecule has 0 bridgehead atoms. The van der Waals surface area contributed by atoms with Gasteiger partial charge in [0.1, 0.15) is 6.07 Å². The van der Waals surface area contributed by atoms with Gasteiger partial charge in [-0.1, -0.05) is 0 Å². The van der Waals surface area contributed by atoms with Gasteiger partial charge in [-0.2, -0.15) is 18.0 Å². The van der Waals surface area contributed by atoms with Crippen molar-refractivity contribution in [3.8, 4) is 6.07 Å². The van der Waals surface area contributed by atoms with Gasteiger partial charge in [-0.3, -0.25) is 4.72 Å². The van der Waals surface area contributed by atoms with Crippen molar-refractivity contribution >= 4 is 21.6 Å². The first-order chi connectivity index (χ1) is 8.27. The van der Waals surface area contributed by atoms with Crippen LogP contribution in [-0.4, -0.2) is 40.9 Å². The van der Waals surface area contributed by atoms with Gasteiger partial charge >= 0.3 is 10.2 Å². The first-order valence-electron chi connectivity index (χ1n) is 5.19. The predicted molar refractivity (Wildman–Crippen MR) is 71.7 cm³/mol. The third kappa shape index (κ3) is 3.12. The number of nitrogens with zero attached hydrogens (tertiary/aromatic N) is 3. The van der Waals surface area contributed by atoms with Crippen LogP contribution in [0.1, 0.15) is 5.56 Å². The van der Waals surface area contributed by atoms with E-state index in [-0.39, 0.29) is 11.3 Å². The second-order valence-corrected chi connectivity index (χ2v) is 6.01. The van der Waals surface area contributed by atoms with Crippen LogP contribution in [-0.2, 0) is 10.2 Å². The second-order valence-electron chi connectivity index (χ2n) is 4.13. The summed E-state index contributed by atoms with van der Waals surface area (Å²) in [5, 5.41) is 8.97. The average molecular weight is 268 g/mol. The van der Waals surface area contributed by atoms with Crippen LogP contribution in [0, 0.1) is 11.3 Å². The van der Waals surface area contributed by atoms with Crippen LogP contribution in [0.3, 0.4) is 0 Å². The molecule has 0 aliphatic carbocycles. The van der Waals surface area contributed by atoms with E-state index < -0.39 is 10.2 Å². The maximum absolute atomic E-state index is 11.7. The van der Waals surface area contributed by atoms with Gasteiger partial charge < -0.3 is 4.90 Å². The van der Waals surface area contributed by atoms with Gasteiger partial charge in [-0.05, 0) is 18.2 Å². The van der Waals surface area contributed by atoms with Gasteiger partial charge in [0, 0.05) is 33.9 Å². The predicted octanol–water partition coefficient (Wildman–Crippen LogP) is 0.843. The Kier molecular flexibility index (Phi) is 4.16. The molecule has 0 radical (unpaired) electrons. The van der Waals surface area contributed by atoms with E-state index in [1.165, 1.54) is 14.1 Å². The fraction of sp³-hybridized carbons (Fsp3) is 0.364. The molecule has 0 aromatic heterocycles. The molecule has 0 saturated heterocycles. The molecule has 98 valence electrons. The van der Waals surface area contributed by atoms with Crippen molar-refractivity contribution in [3.05, 3.63) is 23.8 Å². The van der Waals surface area contributed by atoms with Gasteiger partial charge in [0.05, 0.1) is 11.3 Å². The van der Waals surface area contributed by atoms with Crippen LogP contribution in [0.25, 0.3) is 0 Å². The lowest BCUT2D eigenvalue weighted by Crippen LogP contribution is -2.29. The molecule has 0 unspecified atom stereocenters. The summed E-state index contributed by atoms with van der Waals surface area (Å²) in [5.74, 6) is 0. The monoisotopic (exact) mass is 268 g/mol. The first kappa shape index (κ1) is 14.3. The van der Waals surface area contributed by atoms with Crippen molar-refractivity contribution in [3.63, 3.8) is 0 Å². The van der Waals surface area contributed by atoms with E-state index in [2.05, 4.69) is 4.72 Å². The van der Waals surface area contributed by atoms with Crippen LogP contribution in [0.15, 0.2) is 18.2 Å². The van der Waals surface area contributed by atoms with E-state index in [1.54, 1.807) is 18.2 Å². The molecular weight excluding hydrogens is 252 g/mol. The maximum atomic E-state index is 11.7. The van der Waals surface area contributed by atoms with E-state index >= 15 is 0 Å². The topological polar surface area (TPSA) is 76.4 Å². The largest absolute Gasteiger partial charge is 0.378 e. The maximum Gasteiger partial charge on any atom is 0.301 e. The third-order valence-corrected chi connectivity index (χ3v) is 3.80. The zero-order valence-electron chi connectivity index (χ0n) is 10.8. The van der Waals surface area contributed by atoms with Crippen LogP contribution in [0.2, 0.25) is 0 Å². The molecule has 0 amide bonds. The fourth-order valence-corrected chi connectivity index (χ4v) is 1.85. The number of hydrogen-bond donors (Lipinski definition) is 1. The molecule has 6 nitrogen and oxygen atoms in total. The van der Waals surface area contributed by atoms with Crippen LogP contribution < -0.4 is 9.62 Å². The number of nitrogens with one attached hydrogen (secondary N) is 1. The van der Waals surface area contributed by atoms with Crippen molar-refractivity contribution in [2.24, 2.45) is 0 Å². The highest BCUT2D eigenvalue weighted by molar-refractivity contribution is 7.90. The lowest BCUT2D eigenvalue weighted by molar-refractivity contribution is 0.527. The Bertz CT molecular complexity index is 573. The highest BCUT2D eigenvalue weighted by Gasteiger charge is 2.16. The van der Waals surface area contributed by atoms with Crippen LogP contribution in [0.5, 0.6) is 0 Å². The van der Waals surface area contributed by atoms with Crippen molar-refractivity contribution < 1.29 is 8.42 Å².